The topological polar surface area (TPSA) is 73.4 Å². The molecule has 0 bridgehead atoms. The van der Waals surface area contributed by atoms with Gasteiger partial charge in [-0.15, -0.1) is 0 Å². The number of rotatable bonds is 5. The lowest BCUT2D eigenvalue weighted by atomic mass is 10.1. The van der Waals surface area contributed by atoms with Gasteiger partial charge in [-0.2, -0.15) is 0 Å². The van der Waals surface area contributed by atoms with E-state index in [1.165, 1.54) is 0 Å². The SMILES string of the molecule is CCC[C@@H]1COCCN1C(=O)c1cc(Cn2c(C)nc3ccccc32)on1. The summed E-state index contributed by atoms with van der Waals surface area (Å²) in [5, 5.41) is 4.04. The van der Waals surface area contributed by atoms with E-state index in [0.29, 0.717) is 37.8 Å². The number of carbonyl (C=O) groups is 1. The van der Waals surface area contributed by atoms with Crippen molar-refractivity contribution >= 4 is 16.9 Å². The number of nitrogens with zero attached hydrogens (tertiary/aromatic N) is 4. The van der Waals surface area contributed by atoms with Gasteiger partial charge in [0.2, 0.25) is 0 Å². The number of carbonyl (C=O) groups excluding carboxylic acids is 1. The number of para-hydroxylation sites is 2. The van der Waals surface area contributed by atoms with Gasteiger partial charge < -0.3 is 18.7 Å². The molecule has 3 aromatic rings. The number of aromatic nitrogens is 3. The van der Waals surface area contributed by atoms with Crippen LogP contribution >= 0.6 is 0 Å². The maximum Gasteiger partial charge on any atom is 0.276 e. The number of imidazole rings is 1. The molecule has 7 nitrogen and oxygen atoms in total. The molecule has 1 saturated heterocycles. The van der Waals surface area contributed by atoms with Gasteiger partial charge in [-0.25, -0.2) is 4.98 Å². The summed E-state index contributed by atoms with van der Waals surface area (Å²) in [7, 11) is 0. The van der Waals surface area contributed by atoms with Crippen molar-refractivity contribution in [3.8, 4) is 0 Å². The highest BCUT2D eigenvalue weighted by Gasteiger charge is 2.29. The van der Waals surface area contributed by atoms with Crippen molar-refractivity contribution in [2.45, 2.75) is 39.3 Å². The Hall–Kier alpha value is -2.67. The summed E-state index contributed by atoms with van der Waals surface area (Å²) in [6.45, 7) is 6.32. The van der Waals surface area contributed by atoms with E-state index >= 15 is 0 Å². The van der Waals surface area contributed by atoms with E-state index in [-0.39, 0.29) is 11.9 Å². The molecule has 142 valence electrons. The lowest BCUT2D eigenvalue weighted by Crippen LogP contribution is -2.48. The fourth-order valence-corrected chi connectivity index (χ4v) is 3.68. The van der Waals surface area contributed by atoms with Gasteiger partial charge in [0.25, 0.3) is 5.91 Å². The van der Waals surface area contributed by atoms with Crippen LogP contribution in [0.1, 0.15) is 41.8 Å². The van der Waals surface area contributed by atoms with Gasteiger partial charge in [0.1, 0.15) is 5.82 Å². The number of aryl methyl sites for hydroxylation is 1. The van der Waals surface area contributed by atoms with E-state index < -0.39 is 0 Å². The molecule has 0 aliphatic carbocycles. The number of benzene rings is 1. The Morgan fingerprint density at radius 1 is 1.33 bits per heavy atom. The van der Waals surface area contributed by atoms with Crippen LogP contribution in [0.5, 0.6) is 0 Å². The van der Waals surface area contributed by atoms with Crippen molar-refractivity contribution in [2.75, 3.05) is 19.8 Å². The quantitative estimate of drug-likeness (QED) is 0.692. The minimum Gasteiger partial charge on any atom is -0.377 e. The molecule has 1 atom stereocenters. The highest BCUT2D eigenvalue weighted by atomic mass is 16.5. The summed E-state index contributed by atoms with van der Waals surface area (Å²) in [5.41, 5.74) is 2.34. The molecule has 1 aliphatic rings. The molecule has 7 heteroatoms. The summed E-state index contributed by atoms with van der Waals surface area (Å²) in [6, 6.07) is 9.83. The van der Waals surface area contributed by atoms with E-state index in [9.17, 15) is 4.79 Å². The molecular formula is C20H24N4O3. The molecule has 0 N–H and O–H groups in total. The largest absolute Gasteiger partial charge is 0.377 e. The summed E-state index contributed by atoms with van der Waals surface area (Å²) in [6.07, 6.45) is 1.94. The third-order valence-corrected chi connectivity index (χ3v) is 5.05. The van der Waals surface area contributed by atoms with Gasteiger partial charge in [0.15, 0.2) is 11.5 Å². The maximum absolute atomic E-state index is 12.9. The highest BCUT2D eigenvalue weighted by molar-refractivity contribution is 5.92. The van der Waals surface area contributed by atoms with Crippen molar-refractivity contribution < 1.29 is 14.1 Å². The number of hydrogen-bond acceptors (Lipinski definition) is 5. The Morgan fingerprint density at radius 3 is 3.04 bits per heavy atom. The van der Waals surface area contributed by atoms with E-state index in [4.69, 9.17) is 9.26 Å². The van der Waals surface area contributed by atoms with Crippen LogP contribution in [0.15, 0.2) is 34.9 Å². The van der Waals surface area contributed by atoms with E-state index in [2.05, 4.69) is 21.6 Å². The first-order valence-electron chi connectivity index (χ1n) is 9.43. The molecule has 1 aromatic carbocycles. The third-order valence-electron chi connectivity index (χ3n) is 5.05. The van der Waals surface area contributed by atoms with E-state index in [1.807, 2.05) is 36.1 Å². The number of ether oxygens (including phenoxy) is 1. The number of fused-ring (bicyclic) bond motifs is 1. The predicted octanol–water partition coefficient (Wildman–Crippen LogP) is 3.02. The average molecular weight is 368 g/mol. The Morgan fingerprint density at radius 2 is 2.19 bits per heavy atom. The van der Waals surface area contributed by atoms with Crippen molar-refractivity contribution in [2.24, 2.45) is 0 Å². The molecule has 27 heavy (non-hydrogen) atoms. The zero-order valence-corrected chi connectivity index (χ0v) is 15.7. The van der Waals surface area contributed by atoms with Crippen molar-refractivity contribution in [1.29, 1.82) is 0 Å². The molecule has 0 radical (unpaired) electrons. The summed E-state index contributed by atoms with van der Waals surface area (Å²) >= 11 is 0. The lowest BCUT2D eigenvalue weighted by molar-refractivity contribution is -0.00482. The Balaban J connectivity index is 1.54. The summed E-state index contributed by atoms with van der Waals surface area (Å²) in [4.78, 5) is 19.3. The molecule has 1 aliphatic heterocycles. The zero-order chi connectivity index (χ0) is 18.8. The number of amides is 1. The molecule has 1 amide bonds. The van der Waals surface area contributed by atoms with E-state index in [1.54, 1.807) is 6.07 Å². The Bertz CT molecular complexity index is 944. The van der Waals surface area contributed by atoms with Gasteiger partial charge in [-0.1, -0.05) is 30.6 Å². The summed E-state index contributed by atoms with van der Waals surface area (Å²) < 4.78 is 13.1. The second-order valence-corrected chi connectivity index (χ2v) is 6.93. The Labute approximate surface area is 157 Å². The molecule has 3 heterocycles. The normalized spacial score (nSPS) is 17.6. The van der Waals surface area contributed by atoms with Crippen LogP contribution in [0.25, 0.3) is 11.0 Å². The van der Waals surface area contributed by atoms with Crippen molar-refractivity contribution in [3.05, 3.63) is 47.6 Å². The van der Waals surface area contributed by atoms with Crippen LogP contribution in [0, 0.1) is 6.92 Å². The number of morpholine rings is 1. The molecule has 0 saturated carbocycles. The second-order valence-electron chi connectivity index (χ2n) is 6.93. The van der Waals surface area contributed by atoms with Crippen molar-refractivity contribution in [3.63, 3.8) is 0 Å². The van der Waals surface area contributed by atoms with Crippen LogP contribution in [0.4, 0.5) is 0 Å². The fourth-order valence-electron chi connectivity index (χ4n) is 3.68. The fraction of sp³-hybridized carbons (Fsp3) is 0.450. The first kappa shape index (κ1) is 17.7. The van der Waals surface area contributed by atoms with Crippen LogP contribution in [0.2, 0.25) is 0 Å². The Kier molecular flexibility index (Phi) is 4.94. The van der Waals surface area contributed by atoms with Gasteiger partial charge in [-0.3, -0.25) is 4.79 Å². The molecule has 4 rings (SSSR count). The molecular weight excluding hydrogens is 344 g/mol. The first-order valence-corrected chi connectivity index (χ1v) is 9.43. The van der Waals surface area contributed by atoms with Gasteiger partial charge in [-0.05, 0) is 25.5 Å². The van der Waals surface area contributed by atoms with E-state index in [0.717, 1.165) is 29.7 Å². The van der Waals surface area contributed by atoms with Crippen LogP contribution in [0.3, 0.4) is 0 Å². The highest BCUT2D eigenvalue weighted by Crippen LogP contribution is 2.20. The van der Waals surface area contributed by atoms with Gasteiger partial charge in [0.05, 0.1) is 36.8 Å². The van der Waals surface area contributed by atoms with Gasteiger partial charge in [0, 0.05) is 12.6 Å². The minimum atomic E-state index is -0.0843. The molecule has 1 fully saturated rings. The van der Waals surface area contributed by atoms with Crippen LogP contribution < -0.4 is 0 Å². The third kappa shape index (κ3) is 3.47. The monoisotopic (exact) mass is 368 g/mol. The second kappa shape index (κ2) is 7.52. The lowest BCUT2D eigenvalue weighted by Gasteiger charge is -2.35. The molecule has 2 aromatic heterocycles. The minimum absolute atomic E-state index is 0.0843. The van der Waals surface area contributed by atoms with Crippen molar-refractivity contribution in [1.82, 2.24) is 19.6 Å². The smallest absolute Gasteiger partial charge is 0.276 e. The molecule has 0 unspecified atom stereocenters. The standard InChI is InChI=1S/C20H24N4O3/c1-3-6-15-13-26-10-9-23(15)20(25)18-11-16(27-22-18)12-24-14(2)21-17-7-4-5-8-19(17)24/h4-5,7-8,11,15H,3,6,9-10,12-13H2,1-2H3/t15-/m1/s1. The summed E-state index contributed by atoms with van der Waals surface area (Å²) in [5.74, 6) is 1.46. The predicted molar refractivity (Wildman–Crippen MR) is 101 cm³/mol. The molecule has 0 spiro atoms. The maximum atomic E-state index is 12.9. The first-order chi connectivity index (χ1) is 13.2. The van der Waals surface area contributed by atoms with Crippen LogP contribution in [-0.2, 0) is 11.3 Å². The van der Waals surface area contributed by atoms with Gasteiger partial charge >= 0.3 is 0 Å². The zero-order valence-electron chi connectivity index (χ0n) is 15.7. The van der Waals surface area contributed by atoms with Crippen LogP contribution in [-0.4, -0.2) is 51.3 Å². The number of hydrogen-bond donors (Lipinski definition) is 0. The average Bonchev–Trinajstić information content (AvgIpc) is 3.27.